The van der Waals surface area contributed by atoms with E-state index < -0.39 is 5.63 Å². The zero-order chi connectivity index (χ0) is 22.7. The lowest BCUT2D eigenvalue weighted by Crippen LogP contribution is -2.26. The van der Waals surface area contributed by atoms with Gasteiger partial charge in [0.1, 0.15) is 24.5 Å². The topological polar surface area (TPSA) is 87.0 Å². The van der Waals surface area contributed by atoms with Gasteiger partial charge in [0.05, 0.1) is 12.1 Å². The first-order valence-corrected chi connectivity index (χ1v) is 10.8. The quantitative estimate of drug-likeness (QED) is 0.543. The van der Waals surface area contributed by atoms with Crippen LogP contribution in [-0.2, 0) is 17.6 Å². The summed E-state index contributed by atoms with van der Waals surface area (Å²) in [6, 6.07) is 9.06. The minimum atomic E-state index is -0.429. The molecule has 0 fully saturated rings. The Bertz CT molecular complexity index is 1220. The summed E-state index contributed by atoms with van der Waals surface area (Å²) in [6.07, 6.45) is 1.09. The highest BCUT2D eigenvalue weighted by Crippen LogP contribution is 2.38. The van der Waals surface area contributed by atoms with Crippen molar-refractivity contribution in [2.75, 3.05) is 26.9 Å². The average Bonchev–Trinajstić information content (AvgIpc) is 2.78. The van der Waals surface area contributed by atoms with Crippen molar-refractivity contribution >= 4 is 28.5 Å². The third-order valence-electron chi connectivity index (χ3n) is 5.49. The Morgan fingerprint density at radius 2 is 1.97 bits per heavy atom. The Balaban J connectivity index is 1.35. The molecule has 0 unspecified atom stereocenters. The molecular formula is C24H24ClNO6. The number of fused-ring (bicyclic) bond motifs is 2. The smallest absolute Gasteiger partial charge is 0.339 e. The van der Waals surface area contributed by atoms with Gasteiger partial charge in [-0.1, -0.05) is 11.6 Å². The van der Waals surface area contributed by atoms with Crippen LogP contribution < -0.4 is 25.2 Å². The summed E-state index contributed by atoms with van der Waals surface area (Å²) in [4.78, 5) is 24.8. The average molecular weight is 458 g/mol. The number of nitrogens with one attached hydrogen (secondary N) is 1. The van der Waals surface area contributed by atoms with Gasteiger partial charge in [-0.3, -0.25) is 4.79 Å². The Hall–Kier alpha value is -3.19. The third-order valence-corrected chi connectivity index (χ3v) is 5.77. The monoisotopic (exact) mass is 457 g/mol. The number of carbonyl (C=O) groups is 1. The molecule has 0 atom stereocenters. The van der Waals surface area contributed by atoms with Crippen LogP contribution in [0, 0.1) is 6.92 Å². The highest BCUT2D eigenvalue weighted by molar-refractivity contribution is 6.32. The predicted molar refractivity (Wildman–Crippen MR) is 121 cm³/mol. The molecule has 8 heteroatoms. The maximum absolute atomic E-state index is 12.4. The molecule has 0 bridgehead atoms. The predicted octanol–water partition coefficient (Wildman–Crippen LogP) is 3.83. The van der Waals surface area contributed by atoms with Gasteiger partial charge in [-0.25, -0.2) is 4.79 Å². The molecule has 2 heterocycles. The zero-order valence-corrected chi connectivity index (χ0v) is 18.7. The standard InChI is InChI=1S/C24H24ClNO6/c1-14-17-4-3-16(29-2)13-20(17)32-24(28)18(14)5-6-22(27)26-8-7-15-11-19(25)23-21(12-15)30-9-10-31-23/h3-4,11-13H,5-10H2,1-2H3,(H,26,27). The molecule has 0 aliphatic carbocycles. The van der Waals surface area contributed by atoms with Crippen LogP contribution in [0.4, 0.5) is 0 Å². The van der Waals surface area contributed by atoms with Crippen molar-refractivity contribution in [3.8, 4) is 17.2 Å². The lowest BCUT2D eigenvalue weighted by molar-refractivity contribution is -0.121. The van der Waals surface area contributed by atoms with Gasteiger partial charge in [-0.05, 0) is 55.2 Å². The van der Waals surface area contributed by atoms with Crippen LogP contribution >= 0.6 is 11.6 Å². The van der Waals surface area contributed by atoms with E-state index >= 15 is 0 Å². The molecule has 1 aliphatic rings. The Morgan fingerprint density at radius 3 is 2.78 bits per heavy atom. The number of ether oxygens (including phenoxy) is 3. The third kappa shape index (κ3) is 4.67. The largest absolute Gasteiger partial charge is 0.497 e. The van der Waals surface area contributed by atoms with Gasteiger partial charge in [0.25, 0.3) is 0 Å². The van der Waals surface area contributed by atoms with Crippen molar-refractivity contribution in [3.05, 3.63) is 62.5 Å². The van der Waals surface area contributed by atoms with E-state index in [0.717, 1.165) is 16.5 Å². The zero-order valence-electron chi connectivity index (χ0n) is 18.0. The van der Waals surface area contributed by atoms with Crippen molar-refractivity contribution in [2.45, 2.75) is 26.2 Å². The van der Waals surface area contributed by atoms with Gasteiger partial charge >= 0.3 is 5.63 Å². The van der Waals surface area contributed by atoms with Crippen molar-refractivity contribution in [2.24, 2.45) is 0 Å². The van der Waals surface area contributed by atoms with Crippen LogP contribution in [0.1, 0.15) is 23.1 Å². The molecule has 1 aliphatic heterocycles. The second-order valence-corrected chi connectivity index (χ2v) is 7.96. The molecule has 168 valence electrons. The van der Waals surface area contributed by atoms with E-state index in [1.54, 1.807) is 13.2 Å². The van der Waals surface area contributed by atoms with Crippen molar-refractivity contribution in [1.29, 1.82) is 0 Å². The molecule has 1 amide bonds. The van der Waals surface area contributed by atoms with Crippen LogP contribution in [-0.4, -0.2) is 32.8 Å². The van der Waals surface area contributed by atoms with Gasteiger partial charge < -0.3 is 23.9 Å². The number of aryl methyl sites for hydroxylation is 1. The van der Waals surface area contributed by atoms with Gasteiger partial charge in [-0.15, -0.1) is 0 Å². The van der Waals surface area contributed by atoms with E-state index in [1.165, 1.54) is 0 Å². The summed E-state index contributed by atoms with van der Waals surface area (Å²) in [6.45, 7) is 3.27. The minimum Gasteiger partial charge on any atom is -0.497 e. The molecule has 0 saturated heterocycles. The van der Waals surface area contributed by atoms with Gasteiger partial charge in [0.15, 0.2) is 11.5 Å². The van der Waals surface area contributed by atoms with E-state index in [0.29, 0.717) is 66.0 Å². The molecule has 32 heavy (non-hydrogen) atoms. The van der Waals surface area contributed by atoms with Crippen LogP contribution in [0.25, 0.3) is 11.0 Å². The maximum atomic E-state index is 12.4. The Morgan fingerprint density at radius 1 is 1.16 bits per heavy atom. The number of rotatable bonds is 7. The van der Waals surface area contributed by atoms with Crippen molar-refractivity contribution in [3.63, 3.8) is 0 Å². The van der Waals surface area contributed by atoms with Crippen molar-refractivity contribution in [1.82, 2.24) is 5.32 Å². The number of carbonyl (C=O) groups excluding carboxylic acids is 1. The van der Waals surface area contributed by atoms with Crippen LogP contribution in [0.2, 0.25) is 5.02 Å². The number of hydrogen-bond donors (Lipinski definition) is 1. The molecule has 7 nitrogen and oxygen atoms in total. The highest BCUT2D eigenvalue weighted by atomic mass is 35.5. The van der Waals surface area contributed by atoms with Crippen molar-refractivity contribution < 1.29 is 23.4 Å². The summed E-state index contributed by atoms with van der Waals surface area (Å²) in [7, 11) is 1.56. The SMILES string of the molecule is COc1ccc2c(C)c(CCC(=O)NCCc3cc(Cl)c4c(c3)OCCO4)c(=O)oc2c1. The maximum Gasteiger partial charge on any atom is 0.339 e. The number of halogens is 1. The van der Waals surface area contributed by atoms with Crippen LogP contribution in [0.15, 0.2) is 39.5 Å². The highest BCUT2D eigenvalue weighted by Gasteiger charge is 2.17. The summed E-state index contributed by atoms with van der Waals surface area (Å²) >= 11 is 6.26. The Kier molecular flexibility index (Phi) is 6.55. The van der Waals surface area contributed by atoms with Gasteiger partial charge in [-0.2, -0.15) is 0 Å². The number of methoxy groups -OCH3 is 1. The second kappa shape index (κ2) is 9.53. The lowest BCUT2D eigenvalue weighted by Gasteiger charge is -2.20. The molecule has 4 rings (SSSR count). The van der Waals surface area contributed by atoms with E-state index in [-0.39, 0.29) is 12.3 Å². The molecule has 1 N–H and O–H groups in total. The molecule has 1 aromatic heterocycles. The first-order chi connectivity index (χ1) is 15.5. The fourth-order valence-electron chi connectivity index (χ4n) is 3.77. The van der Waals surface area contributed by atoms with Crippen LogP contribution in [0.3, 0.4) is 0 Å². The van der Waals surface area contributed by atoms with Gasteiger partial charge in [0, 0.05) is 30.0 Å². The van der Waals surface area contributed by atoms with E-state index in [1.807, 2.05) is 31.2 Å². The second-order valence-electron chi connectivity index (χ2n) is 7.56. The fraction of sp³-hybridized carbons (Fsp3) is 0.333. The molecule has 3 aromatic rings. The normalized spacial score (nSPS) is 12.6. The molecular weight excluding hydrogens is 434 g/mol. The van der Waals surface area contributed by atoms with Crippen LogP contribution in [0.5, 0.6) is 17.2 Å². The van der Waals surface area contributed by atoms with E-state index in [9.17, 15) is 9.59 Å². The first kappa shape index (κ1) is 22.0. The lowest BCUT2D eigenvalue weighted by atomic mass is 10.0. The van der Waals surface area contributed by atoms with E-state index in [4.69, 9.17) is 30.2 Å². The summed E-state index contributed by atoms with van der Waals surface area (Å²) in [5.41, 5.74) is 2.31. The van der Waals surface area contributed by atoms with Gasteiger partial charge in [0.2, 0.25) is 5.91 Å². The minimum absolute atomic E-state index is 0.137. The van der Waals surface area contributed by atoms with E-state index in [2.05, 4.69) is 5.32 Å². The molecule has 0 spiro atoms. The summed E-state index contributed by atoms with van der Waals surface area (Å²) < 4.78 is 21.7. The molecule has 0 radical (unpaired) electrons. The summed E-state index contributed by atoms with van der Waals surface area (Å²) in [5.74, 6) is 1.67. The number of benzene rings is 2. The number of amides is 1. The summed E-state index contributed by atoms with van der Waals surface area (Å²) in [5, 5.41) is 4.22. The molecule has 0 saturated carbocycles. The molecule has 2 aromatic carbocycles. The Labute approximate surface area is 190 Å². The number of hydrogen-bond acceptors (Lipinski definition) is 6. The fourth-order valence-corrected chi connectivity index (χ4v) is 4.06. The first-order valence-electron chi connectivity index (χ1n) is 10.4.